The van der Waals surface area contributed by atoms with Gasteiger partial charge in [0.15, 0.2) is 5.78 Å². The molecule has 0 unspecified atom stereocenters. The topological polar surface area (TPSA) is 17.1 Å². The molecule has 2 rings (SSSR count). The predicted octanol–water partition coefficient (Wildman–Crippen LogP) is 5.53. The summed E-state index contributed by atoms with van der Waals surface area (Å²) in [7, 11) is 0. The van der Waals surface area contributed by atoms with Gasteiger partial charge in [0.2, 0.25) is 0 Å². The lowest BCUT2D eigenvalue weighted by Gasteiger charge is -2.07. The minimum atomic E-state index is -0.310. The van der Waals surface area contributed by atoms with Crippen molar-refractivity contribution in [3.63, 3.8) is 0 Å². The van der Waals surface area contributed by atoms with Crippen molar-refractivity contribution >= 4 is 52.2 Å². The van der Waals surface area contributed by atoms with Crippen LogP contribution in [-0.4, -0.2) is 5.78 Å². The molecule has 0 fully saturated rings. The summed E-state index contributed by atoms with van der Waals surface area (Å²) >= 11 is 23.7. The van der Waals surface area contributed by atoms with Crippen molar-refractivity contribution in [1.82, 2.24) is 0 Å². The zero-order chi connectivity index (χ0) is 13.3. The summed E-state index contributed by atoms with van der Waals surface area (Å²) in [6, 6.07) is 9.71. The Balaban J connectivity index is 2.55. The largest absolute Gasteiger partial charge is 0.288 e. The highest BCUT2D eigenvalue weighted by Gasteiger charge is 2.18. The van der Waals surface area contributed by atoms with Gasteiger partial charge in [-0.25, -0.2) is 0 Å². The second-order valence-electron chi connectivity index (χ2n) is 3.53. The van der Waals surface area contributed by atoms with Gasteiger partial charge in [-0.1, -0.05) is 58.5 Å². The number of rotatable bonds is 2. The van der Waals surface area contributed by atoms with E-state index in [4.69, 9.17) is 46.4 Å². The SMILES string of the molecule is O=C(c1cccc(Cl)c1Cl)c1cccc(Cl)c1Cl. The van der Waals surface area contributed by atoms with Gasteiger partial charge in [0.25, 0.3) is 0 Å². The van der Waals surface area contributed by atoms with Crippen LogP contribution in [0.3, 0.4) is 0 Å². The number of ketones is 1. The van der Waals surface area contributed by atoms with E-state index in [1.54, 1.807) is 36.4 Å². The van der Waals surface area contributed by atoms with Crippen LogP contribution in [0.25, 0.3) is 0 Å². The Bertz CT molecular complexity index is 569. The Morgan fingerprint density at radius 1 is 0.722 bits per heavy atom. The molecule has 2 aromatic rings. The molecule has 92 valence electrons. The third kappa shape index (κ3) is 2.50. The van der Waals surface area contributed by atoms with E-state index in [9.17, 15) is 4.79 Å². The quantitative estimate of drug-likeness (QED) is 0.665. The Morgan fingerprint density at radius 3 is 1.50 bits per heavy atom. The van der Waals surface area contributed by atoms with Crippen molar-refractivity contribution in [2.75, 3.05) is 0 Å². The molecule has 0 heterocycles. The third-order valence-corrected chi connectivity index (χ3v) is 4.03. The maximum atomic E-state index is 12.3. The first-order valence-corrected chi connectivity index (χ1v) is 6.46. The van der Waals surface area contributed by atoms with Crippen LogP contribution in [-0.2, 0) is 0 Å². The Hall–Kier alpha value is -0.730. The molecule has 0 aliphatic rings. The monoisotopic (exact) mass is 318 g/mol. The molecule has 5 heteroatoms. The van der Waals surface area contributed by atoms with E-state index in [-0.39, 0.29) is 15.8 Å². The van der Waals surface area contributed by atoms with Crippen LogP contribution in [0.1, 0.15) is 15.9 Å². The molecule has 1 nitrogen and oxygen atoms in total. The van der Waals surface area contributed by atoms with E-state index in [0.717, 1.165) is 0 Å². The highest BCUT2D eigenvalue weighted by molar-refractivity contribution is 6.46. The van der Waals surface area contributed by atoms with Crippen molar-refractivity contribution < 1.29 is 4.79 Å². The molecule has 0 aromatic heterocycles. The zero-order valence-corrected chi connectivity index (χ0v) is 11.9. The molecule has 0 saturated carbocycles. The fourth-order valence-electron chi connectivity index (χ4n) is 1.50. The third-order valence-electron chi connectivity index (χ3n) is 2.39. The molecule has 0 saturated heterocycles. The number of benzene rings is 2. The molecule has 0 spiro atoms. The number of carbonyl (C=O) groups excluding carboxylic acids is 1. The molecule has 0 atom stereocenters. The summed E-state index contributed by atoms with van der Waals surface area (Å²) in [4.78, 5) is 12.3. The van der Waals surface area contributed by atoms with Gasteiger partial charge in [-0.2, -0.15) is 0 Å². The van der Waals surface area contributed by atoms with Gasteiger partial charge in [0.05, 0.1) is 20.1 Å². The average Bonchev–Trinajstić information content (AvgIpc) is 2.35. The van der Waals surface area contributed by atoms with Crippen LogP contribution in [0.2, 0.25) is 20.1 Å². The lowest BCUT2D eigenvalue weighted by atomic mass is 10.0. The maximum Gasteiger partial charge on any atom is 0.196 e. The van der Waals surface area contributed by atoms with E-state index in [2.05, 4.69) is 0 Å². The second-order valence-corrected chi connectivity index (χ2v) is 5.10. The lowest BCUT2D eigenvalue weighted by Crippen LogP contribution is -2.03. The normalized spacial score (nSPS) is 10.4. The van der Waals surface area contributed by atoms with E-state index in [1.807, 2.05) is 0 Å². The zero-order valence-electron chi connectivity index (χ0n) is 8.88. The van der Waals surface area contributed by atoms with Crippen LogP contribution in [0.5, 0.6) is 0 Å². The van der Waals surface area contributed by atoms with Crippen LogP contribution < -0.4 is 0 Å². The molecule has 18 heavy (non-hydrogen) atoms. The summed E-state index contributed by atoms with van der Waals surface area (Å²) in [6.45, 7) is 0. The Kier molecular flexibility index (Phi) is 4.18. The standard InChI is InChI=1S/C13H6Cl4O/c14-9-5-1-3-7(11(9)16)13(18)8-4-2-6-10(15)12(8)17/h1-6H. The van der Waals surface area contributed by atoms with E-state index in [0.29, 0.717) is 21.2 Å². The van der Waals surface area contributed by atoms with Gasteiger partial charge in [-0.3, -0.25) is 4.79 Å². The van der Waals surface area contributed by atoms with Crippen molar-refractivity contribution in [2.24, 2.45) is 0 Å². The summed E-state index contributed by atoms with van der Waals surface area (Å²) in [5.41, 5.74) is 0.599. The van der Waals surface area contributed by atoms with Crippen molar-refractivity contribution in [2.45, 2.75) is 0 Å². The lowest BCUT2D eigenvalue weighted by molar-refractivity contribution is 0.103. The van der Waals surface area contributed by atoms with Crippen molar-refractivity contribution in [3.05, 3.63) is 67.6 Å². The predicted molar refractivity (Wildman–Crippen MR) is 76.4 cm³/mol. The van der Waals surface area contributed by atoms with Crippen LogP contribution in [0.15, 0.2) is 36.4 Å². The van der Waals surface area contributed by atoms with Crippen LogP contribution in [0.4, 0.5) is 0 Å². The van der Waals surface area contributed by atoms with E-state index < -0.39 is 0 Å². The fourth-order valence-corrected chi connectivity index (χ4v) is 2.28. The highest BCUT2D eigenvalue weighted by atomic mass is 35.5. The smallest absolute Gasteiger partial charge is 0.196 e. The first kappa shape index (κ1) is 13.7. The van der Waals surface area contributed by atoms with Gasteiger partial charge in [0.1, 0.15) is 0 Å². The van der Waals surface area contributed by atoms with E-state index in [1.165, 1.54) is 0 Å². The highest BCUT2D eigenvalue weighted by Crippen LogP contribution is 2.31. The summed E-state index contributed by atoms with van der Waals surface area (Å²) in [5, 5.41) is 1.06. The molecule has 0 N–H and O–H groups in total. The Labute approximate surface area is 124 Å². The van der Waals surface area contributed by atoms with Gasteiger partial charge in [0, 0.05) is 11.1 Å². The number of carbonyl (C=O) groups is 1. The fraction of sp³-hybridized carbons (Fsp3) is 0. The molecule has 0 amide bonds. The molecular formula is C13H6Cl4O. The van der Waals surface area contributed by atoms with E-state index >= 15 is 0 Å². The summed E-state index contributed by atoms with van der Waals surface area (Å²) in [6.07, 6.45) is 0. The van der Waals surface area contributed by atoms with Gasteiger partial charge >= 0.3 is 0 Å². The molecule has 2 aromatic carbocycles. The summed E-state index contributed by atoms with van der Waals surface area (Å²) < 4.78 is 0. The van der Waals surface area contributed by atoms with Gasteiger partial charge < -0.3 is 0 Å². The van der Waals surface area contributed by atoms with Gasteiger partial charge in [-0.05, 0) is 24.3 Å². The Morgan fingerprint density at radius 2 is 1.11 bits per heavy atom. The minimum Gasteiger partial charge on any atom is -0.288 e. The first-order chi connectivity index (χ1) is 8.52. The van der Waals surface area contributed by atoms with Crippen LogP contribution >= 0.6 is 46.4 Å². The number of hydrogen-bond acceptors (Lipinski definition) is 1. The number of halogens is 4. The number of hydrogen-bond donors (Lipinski definition) is 0. The molecular weight excluding hydrogens is 314 g/mol. The molecule has 0 bridgehead atoms. The molecule has 0 radical (unpaired) electrons. The first-order valence-electron chi connectivity index (χ1n) is 4.95. The average molecular weight is 320 g/mol. The second kappa shape index (κ2) is 5.50. The van der Waals surface area contributed by atoms with Crippen molar-refractivity contribution in [1.29, 1.82) is 0 Å². The van der Waals surface area contributed by atoms with Crippen LogP contribution in [0, 0.1) is 0 Å². The minimum absolute atomic E-state index is 0.209. The molecule has 0 aliphatic heterocycles. The van der Waals surface area contributed by atoms with Crippen molar-refractivity contribution in [3.8, 4) is 0 Å². The van der Waals surface area contributed by atoms with Gasteiger partial charge in [-0.15, -0.1) is 0 Å². The summed E-state index contributed by atoms with van der Waals surface area (Å²) in [5.74, 6) is -0.310. The maximum absolute atomic E-state index is 12.3. The molecule has 0 aliphatic carbocycles.